The van der Waals surface area contributed by atoms with Crippen LogP contribution in [0, 0.1) is 17.5 Å². The van der Waals surface area contributed by atoms with Crippen molar-refractivity contribution in [1.29, 1.82) is 0 Å². The summed E-state index contributed by atoms with van der Waals surface area (Å²) < 4.78 is 39.3. The summed E-state index contributed by atoms with van der Waals surface area (Å²) in [5, 5.41) is 3.33. The monoisotopic (exact) mass is 255 g/mol. The van der Waals surface area contributed by atoms with Crippen LogP contribution in [0.15, 0.2) is 18.2 Å². The molecule has 1 aliphatic carbocycles. The number of allylic oxidation sites excluding steroid dienone is 1. The third-order valence-corrected chi connectivity index (χ3v) is 3.07. The molecule has 18 heavy (non-hydrogen) atoms. The van der Waals surface area contributed by atoms with Crippen molar-refractivity contribution in [3.63, 3.8) is 0 Å². The van der Waals surface area contributed by atoms with E-state index in [9.17, 15) is 13.2 Å². The van der Waals surface area contributed by atoms with Crippen molar-refractivity contribution in [2.45, 2.75) is 32.2 Å². The topological polar surface area (TPSA) is 12.0 Å². The quantitative estimate of drug-likeness (QED) is 0.625. The van der Waals surface area contributed by atoms with Gasteiger partial charge in [-0.05, 0) is 50.4 Å². The lowest BCUT2D eigenvalue weighted by atomic mass is 10.1. The Labute approximate surface area is 105 Å². The highest BCUT2D eigenvalue weighted by Gasteiger charge is 2.19. The van der Waals surface area contributed by atoms with E-state index in [1.807, 2.05) is 6.08 Å². The summed E-state index contributed by atoms with van der Waals surface area (Å²) in [7, 11) is 0. The highest BCUT2D eigenvalue weighted by atomic mass is 19.2. The molecule has 0 amide bonds. The standard InChI is InChI=1S/C14H16F3N/c1-9(3-2-8-18-10-4-5-10)11-6-7-12(15)14(17)13(11)16/h3,6-7,10,18H,2,4-5,8H2,1H3. The van der Waals surface area contributed by atoms with E-state index in [2.05, 4.69) is 5.32 Å². The molecule has 1 aromatic rings. The van der Waals surface area contributed by atoms with Crippen LogP contribution in [0.3, 0.4) is 0 Å². The first-order valence-corrected chi connectivity index (χ1v) is 6.13. The zero-order chi connectivity index (χ0) is 13.1. The van der Waals surface area contributed by atoms with Crippen LogP contribution in [0.1, 0.15) is 31.7 Å². The van der Waals surface area contributed by atoms with Crippen molar-refractivity contribution >= 4 is 5.57 Å². The van der Waals surface area contributed by atoms with Crippen LogP contribution in [0.25, 0.3) is 5.57 Å². The highest BCUT2D eigenvalue weighted by Crippen LogP contribution is 2.22. The van der Waals surface area contributed by atoms with Crippen molar-refractivity contribution < 1.29 is 13.2 Å². The normalized spacial score (nSPS) is 16.1. The molecule has 0 aromatic heterocycles. The summed E-state index contributed by atoms with van der Waals surface area (Å²) >= 11 is 0. The van der Waals surface area contributed by atoms with Crippen LogP contribution in [-0.2, 0) is 0 Å². The fourth-order valence-electron chi connectivity index (χ4n) is 1.80. The Morgan fingerprint density at radius 1 is 1.28 bits per heavy atom. The average molecular weight is 255 g/mol. The van der Waals surface area contributed by atoms with E-state index in [4.69, 9.17) is 0 Å². The van der Waals surface area contributed by atoms with Gasteiger partial charge in [-0.15, -0.1) is 0 Å². The SMILES string of the molecule is CC(=CCCNC1CC1)c1ccc(F)c(F)c1F. The molecule has 1 N–H and O–H groups in total. The van der Waals surface area contributed by atoms with Crippen molar-refractivity contribution in [3.05, 3.63) is 41.2 Å². The first-order chi connectivity index (χ1) is 8.59. The molecule has 4 heteroatoms. The van der Waals surface area contributed by atoms with Crippen LogP contribution in [0.2, 0.25) is 0 Å². The molecule has 1 nitrogen and oxygen atoms in total. The lowest BCUT2D eigenvalue weighted by molar-refractivity contribution is 0.445. The van der Waals surface area contributed by atoms with E-state index < -0.39 is 17.5 Å². The molecule has 0 unspecified atom stereocenters. The fraction of sp³-hybridized carbons (Fsp3) is 0.429. The molecule has 2 rings (SSSR count). The van der Waals surface area contributed by atoms with E-state index >= 15 is 0 Å². The van der Waals surface area contributed by atoms with Gasteiger partial charge in [0.05, 0.1) is 0 Å². The largest absolute Gasteiger partial charge is 0.314 e. The van der Waals surface area contributed by atoms with Gasteiger partial charge in [0.15, 0.2) is 17.5 Å². The van der Waals surface area contributed by atoms with E-state index in [1.54, 1.807) is 6.92 Å². The summed E-state index contributed by atoms with van der Waals surface area (Å²) in [5.41, 5.74) is 0.754. The van der Waals surface area contributed by atoms with Gasteiger partial charge in [-0.25, -0.2) is 13.2 Å². The van der Waals surface area contributed by atoms with Crippen LogP contribution < -0.4 is 5.32 Å². The third kappa shape index (κ3) is 3.13. The van der Waals surface area contributed by atoms with Gasteiger partial charge in [0.1, 0.15) is 0 Å². The van der Waals surface area contributed by atoms with Crippen molar-refractivity contribution in [3.8, 4) is 0 Å². The van der Waals surface area contributed by atoms with Gasteiger partial charge >= 0.3 is 0 Å². The molecule has 1 saturated carbocycles. The summed E-state index contributed by atoms with van der Waals surface area (Å²) in [5.74, 6) is -3.67. The van der Waals surface area contributed by atoms with Gasteiger partial charge in [0.2, 0.25) is 0 Å². The van der Waals surface area contributed by atoms with Gasteiger partial charge in [-0.1, -0.05) is 6.08 Å². The van der Waals surface area contributed by atoms with Crippen molar-refractivity contribution in [2.75, 3.05) is 6.54 Å². The molecule has 0 atom stereocenters. The molecular formula is C14H16F3N. The van der Waals surface area contributed by atoms with Crippen LogP contribution in [-0.4, -0.2) is 12.6 Å². The molecular weight excluding hydrogens is 239 g/mol. The van der Waals surface area contributed by atoms with Crippen molar-refractivity contribution in [1.82, 2.24) is 5.32 Å². The lowest BCUT2D eigenvalue weighted by Crippen LogP contribution is -2.16. The van der Waals surface area contributed by atoms with Gasteiger partial charge in [-0.2, -0.15) is 0 Å². The highest BCUT2D eigenvalue weighted by molar-refractivity contribution is 5.64. The van der Waals surface area contributed by atoms with Crippen LogP contribution >= 0.6 is 0 Å². The Bertz CT molecular complexity index is 464. The van der Waals surface area contributed by atoms with Gasteiger partial charge < -0.3 is 5.32 Å². The lowest BCUT2D eigenvalue weighted by Gasteiger charge is -2.05. The van der Waals surface area contributed by atoms with E-state index in [0.29, 0.717) is 11.6 Å². The Morgan fingerprint density at radius 3 is 2.67 bits per heavy atom. The average Bonchev–Trinajstić information content (AvgIpc) is 3.15. The predicted molar refractivity (Wildman–Crippen MR) is 65.6 cm³/mol. The maximum absolute atomic E-state index is 13.5. The summed E-state index contributed by atoms with van der Waals surface area (Å²) in [6.07, 6.45) is 5.03. The van der Waals surface area contributed by atoms with Crippen LogP contribution in [0.4, 0.5) is 13.2 Å². The van der Waals surface area contributed by atoms with Crippen molar-refractivity contribution in [2.24, 2.45) is 0 Å². The number of hydrogen-bond donors (Lipinski definition) is 1. The molecule has 1 fully saturated rings. The third-order valence-electron chi connectivity index (χ3n) is 3.07. The second-order valence-corrected chi connectivity index (χ2v) is 4.63. The maximum atomic E-state index is 13.5. The summed E-state index contributed by atoms with van der Waals surface area (Å²) in [6.45, 7) is 2.53. The Balaban J connectivity index is 2.00. The Kier molecular flexibility index (Phi) is 4.07. The Morgan fingerprint density at radius 2 is 2.00 bits per heavy atom. The van der Waals surface area contributed by atoms with E-state index in [0.717, 1.165) is 19.0 Å². The number of nitrogens with one attached hydrogen (secondary N) is 1. The molecule has 98 valence electrons. The summed E-state index contributed by atoms with van der Waals surface area (Å²) in [4.78, 5) is 0. The van der Waals surface area contributed by atoms with Gasteiger partial charge in [0.25, 0.3) is 0 Å². The molecule has 0 bridgehead atoms. The second kappa shape index (κ2) is 5.57. The van der Waals surface area contributed by atoms with Crippen LogP contribution in [0.5, 0.6) is 0 Å². The number of hydrogen-bond acceptors (Lipinski definition) is 1. The molecule has 1 aliphatic rings. The smallest absolute Gasteiger partial charge is 0.195 e. The minimum absolute atomic E-state index is 0.125. The first-order valence-electron chi connectivity index (χ1n) is 6.13. The van der Waals surface area contributed by atoms with Gasteiger partial charge in [0, 0.05) is 11.6 Å². The molecule has 0 saturated heterocycles. The minimum atomic E-state index is -1.41. The fourth-order valence-corrected chi connectivity index (χ4v) is 1.80. The zero-order valence-electron chi connectivity index (χ0n) is 10.3. The zero-order valence-corrected chi connectivity index (χ0v) is 10.3. The molecule has 0 heterocycles. The van der Waals surface area contributed by atoms with E-state index in [1.165, 1.54) is 18.9 Å². The first kappa shape index (κ1) is 13.1. The van der Waals surface area contributed by atoms with E-state index in [-0.39, 0.29) is 5.56 Å². The summed E-state index contributed by atoms with van der Waals surface area (Å²) in [6, 6.07) is 2.86. The molecule has 0 spiro atoms. The molecule has 0 aliphatic heterocycles. The maximum Gasteiger partial charge on any atom is 0.195 e. The number of halogens is 3. The van der Waals surface area contributed by atoms with Gasteiger partial charge in [-0.3, -0.25) is 0 Å². The minimum Gasteiger partial charge on any atom is -0.314 e. The predicted octanol–water partition coefficient (Wildman–Crippen LogP) is 3.65. The molecule has 0 radical (unpaired) electrons. The number of benzene rings is 1. The Hall–Kier alpha value is -1.29. The molecule has 1 aromatic carbocycles. The number of rotatable bonds is 5. The second-order valence-electron chi connectivity index (χ2n) is 4.63.